The topological polar surface area (TPSA) is 29.1 Å². The van der Waals surface area contributed by atoms with Gasteiger partial charge in [-0.15, -0.1) is 0 Å². The van der Waals surface area contributed by atoms with E-state index in [-0.39, 0.29) is 11.8 Å². The highest BCUT2D eigenvalue weighted by Gasteiger charge is 2.15. The van der Waals surface area contributed by atoms with Gasteiger partial charge in [-0.3, -0.25) is 4.79 Å². The highest BCUT2D eigenvalue weighted by atomic mass is 35.5. The third-order valence-electron chi connectivity index (χ3n) is 2.54. The van der Waals surface area contributed by atoms with E-state index >= 15 is 0 Å². The minimum atomic E-state index is -0.0730. The third-order valence-corrected chi connectivity index (χ3v) is 2.79. The van der Waals surface area contributed by atoms with Crippen molar-refractivity contribution in [1.82, 2.24) is 5.32 Å². The summed E-state index contributed by atoms with van der Waals surface area (Å²) in [5.41, 5.74) is 1.14. The van der Waals surface area contributed by atoms with Crippen LogP contribution in [0.15, 0.2) is 24.3 Å². The molecule has 0 radical (unpaired) electrons. The molecule has 0 amide bonds. The number of hydrogen-bond acceptors (Lipinski definition) is 2. The van der Waals surface area contributed by atoms with Crippen LogP contribution in [0.2, 0.25) is 5.02 Å². The van der Waals surface area contributed by atoms with Crippen LogP contribution >= 0.6 is 11.6 Å². The average molecular weight is 240 g/mol. The van der Waals surface area contributed by atoms with Crippen molar-refractivity contribution in [1.29, 1.82) is 0 Å². The Kier molecular flexibility index (Phi) is 5.50. The van der Waals surface area contributed by atoms with Crippen LogP contribution in [0.5, 0.6) is 0 Å². The second-order valence-electron chi connectivity index (χ2n) is 3.76. The van der Waals surface area contributed by atoms with E-state index in [9.17, 15) is 4.79 Å². The number of rotatable bonds is 6. The Morgan fingerprint density at radius 1 is 1.31 bits per heavy atom. The lowest BCUT2D eigenvalue weighted by molar-refractivity contribution is -0.120. The van der Waals surface area contributed by atoms with Crippen molar-refractivity contribution in [3.63, 3.8) is 0 Å². The zero-order valence-electron chi connectivity index (χ0n) is 9.79. The summed E-state index contributed by atoms with van der Waals surface area (Å²) in [6, 6.07) is 7.58. The number of carbonyl (C=O) groups excluding carboxylic acids is 1. The Bertz CT molecular complexity index is 334. The molecule has 1 aromatic rings. The van der Waals surface area contributed by atoms with E-state index in [4.69, 9.17) is 11.6 Å². The number of Topliss-reactive ketones (excluding diaryl/α,β-unsaturated/α-hetero) is 1. The molecule has 2 nitrogen and oxygen atoms in total. The maximum Gasteiger partial charge on any atom is 0.149 e. The standard InChI is InChI=1S/C13H18ClNO/c1-3-13(16)12(15-4-2)9-10-5-7-11(14)8-6-10/h5-8,12,15H,3-4,9H2,1-2H3. The molecule has 0 heterocycles. The smallest absolute Gasteiger partial charge is 0.149 e. The summed E-state index contributed by atoms with van der Waals surface area (Å²) in [4.78, 5) is 11.7. The van der Waals surface area contributed by atoms with Crippen molar-refractivity contribution in [3.8, 4) is 0 Å². The predicted octanol–water partition coefficient (Wildman–Crippen LogP) is 2.84. The molecule has 1 rings (SSSR count). The number of nitrogens with one attached hydrogen (secondary N) is 1. The van der Waals surface area contributed by atoms with Gasteiger partial charge in [0.2, 0.25) is 0 Å². The quantitative estimate of drug-likeness (QED) is 0.827. The van der Waals surface area contributed by atoms with Crippen LogP contribution in [0.25, 0.3) is 0 Å². The Balaban J connectivity index is 2.67. The Labute approximate surface area is 102 Å². The summed E-state index contributed by atoms with van der Waals surface area (Å²) >= 11 is 5.82. The first-order chi connectivity index (χ1) is 7.67. The molecule has 0 aromatic heterocycles. The van der Waals surface area contributed by atoms with Crippen LogP contribution < -0.4 is 5.32 Å². The number of likely N-dealkylation sites (N-methyl/N-ethyl adjacent to an activating group) is 1. The summed E-state index contributed by atoms with van der Waals surface area (Å²) in [5.74, 6) is 0.261. The molecule has 0 spiro atoms. The van der Waals surface area contributed by atoms with Gasteiger partial charge in [0.15, 0.2) is 0 Å². The normalized spacial score (nSPS) is 12.4. The SMILES string of the molecule is CCNC(Cc1ccc(Cl)cc1)C(=O)CC. The van der Waals surface area contributed by atoms with E-state index in [0.717, 1.165) is 23.6 Å². The first kappa shape index (κ1) is 13.2. The highest BCUT2D eigenvalue weighted by molar-refractivity contribution is 6.30. The van der Waals surface area contributed by atoms with Gasteiger partial charge < -0.3 is 5.32 Å². The Hall–Kier alpha value is -0.860. The summed E-state index contributed by atoms with van der Waals surface area (Å²) in [6.45, 7) is 4.72. The van der Waals surface area contributed by atoms with Crippen molar-refractivity contribution in [3.05, 3.63) is 34.9 Å². The molecule has 0 bridgehead atoms. The molecular weight excluding hydrogens is 222 g/mol. The molecule has 1 N–H and O–H groups in total. The fourth-order valence-electron chi connectivity index (χ4n) is 1.65. The second-order valence-corrected chi connectivity index (χ2v) is 4.20. The molecule has 16 heavy (non-hydrogen) atoms. The van der Waals surface area contributed by atoms with Crippen LogP contribution in [0.3, 0.4) is 0 Å². The Morgan fingerprint density at radius 2 is 1.94 bits per heavy atom. The molecule has 1 unspecified atom stereocenters. The zero-order chi connectivity index (χ0) is 12.0. The minimum Gasteiger partial charge on any atom is -0.307 e. The molecule has 0 aliphatic carbocycles. The maximum atomic E-state index is 11.7. The van der Waals surface area contributed by atoms with E-state index in [1.54, 1.807) is 0 Å². The lowest BCUT2D eigenvalue weighted by Gasteiger charge is -2.15. The number of ketones is 1. The summed E-state index contributed by atoms with van der Waals surface area (Å²) < 4.78 is 0. The van der Waals surface area contributed by atoms with Crippen molar-refractivity contribution in [2.24, 2.45) is 0 Å². The van der Waals surface area contributed by atoms with Gasteiger partial charge in [-0.25, -0.2) is 0 Å². The van der Waals surface area contributed by atoms with Crippen LogP contribution in [-0.4, -0.2) is 18.4 Å². The van der Waals surface area contributed by atoms with Gasteiger partial charge in [0, 0.05) is 11.4 Å². The molecule has 0 aliphatic rings. The number of benzene rings is 1. The van der Waals surface area contributed by atoms with E-state index in [1.165, 1.54) is 0 Å². The predicted molar refractivity (Wildman–Crippen MR) is 67.9 cm³/mol. The molecular formula is C13H18ClNO. The van der Waals surface area contributed by atoms with Crippen LogP contribution in [0.4, 0.5) is 0 Å². The molecule has 1 aromatic carbocycles. The molecule has 3 heteroatoms. The lowest BCUT2D eigenvalue weighted by Crippen LogP contribution is -2.38. The van der Waals surface area contributed by atoms with Crippen LogP contribution in [0, 0.1) is 0 Å². The average Bonchev–Trinajstić information content (AvgIpc) is 2.30. The van der Waals surface area contributed by atoms with Crippen LogP contribution in [0.1, 0.15) is 25.8 Å². The minimum absolute atomic E-state index is 0.0730. The highest BCUT2D eigenvalue weighted by Crippen LogP contribution is 2.11. The molecule has 1 atom stereocenters. The zero-order valence-corrected chi connectivity index (χ0v) is 10.6. The Morgan fingerprint density at radius 3 is 2.44 bits per heavy atom. The molecule has 88 valence electrons. The first-order valence-corrected chi connectivity index (χ1v) is 6.05. The summed E-state index contributed by atoms with van der Waals surface area (Å²) in [6.07, 6.45) is 1.31. The van der Waals surface area contributed by atoms with E-state index in [0.29, 0.717) is 6.42 Å². The number of carbonyl (C=O) groups is 1. The molecule has 0 saturated carbocycles. The van der Waals surface area contributed by atoms with Gasteiger partial charge in [-0.05, 0) is 30.7 Å². The first-order valence-electron chi connectivity index (χ1n) is 5.67. The summed E-state index contributed by atoms with van der Waals surface area (Å²) in [5, 5.41) is 3.94. The van der Waals surface area contributed by atoms with Crippen molar-refractivity contribution >= 4 is 17.4 Å². The molecule has 0 saturated heterocycles. The van der Waals surface area contributed by atoms with Gasteiger partial charge in [-0.1, -0.05) is 37.6 Å². The van der Waals surface area contributed by atoms with Gasteiger partial charge >= 0.3 is 0 Å². The van der Waals surface area contributed by atoms with E-state index in [1.807, 2.05) is 38.1 Å². The van der Waals surface area contributed by atoms with Gasteiger partial charge in [0.1, 0.15) is 5.78 Å². The lowest BCUT2D eigenvalue weighted by atomic mass is 10.0. The number of hydrogen-bond donors (Lipinski definition) is 1. The fraction of sp³-hybridized carbons (Fsp3) is 0.462. The van der Waals surface area contributed by atoms with Gasteiger partial charge in [-0.2, -0.15) is 0 Å². The molecule has 0 fully saturated rings. The monoisotopic (exact) mass is 239 g/mol. The third kappa shape index (κ3) is 3.95. The molecule has 0 aliphatic heterocycles. The van der Waals surface area contributed by atoms with E-state index in [2.05, 4.69) is 5.32 Å². The van der Waals surface area contributed by atoms with Crippen molar-refractivity contribution in [2.75, 3.05) is 6.54 Å². The van der Waals surface area contributed by atoms with Crippen molar-refractivity contribution in [2.45, 2.75) is 32.7 Å². The summed E-state index contributed by atoms with van der Waals surface area (Å²) in [7, 11) is 0. The van der Waals surface area contributed by atoms with Gasteiger partial charge in [0.05, 0.1) is 6.04 Å². The van der Waals surface area contributed by atoms with E-state index < -0.39 is 0 Å². The number of halogens is 1. The fourth-order valence-corrected chi connectivity index (χ4v) is 1.77. The van der Waals surface area contributed by atoms with Crippen LogP contribution in [-0.2, 0) is 11.2 Å². The van der Waals surface area contributed by atoms with Crippen molar-refractivity contribution < 1.29 is 4.79 Å². The maximum absolute atomic E-state index is 11.7. The largest absolute Gasteiger partial charge is 0.307 e. The van der Waals surface area contributed by atoms with Gasteiger partial charge in [0.25, 0.3) is 0 Å². The second kappa shape index (κ2) is 6.66.